The second-order valence-electron chi connectivity index (χ2n) is 7.65. The molecule has 1 aliphatic rings. The molecule has 0 atom stereocenters. The first kappa shape index (κ1) is 20.9. The Labute approximate surface area is 193 Å². The summed E-state index contributed by atoms with van der Waals surface area (Å²) in [7, 11) is 0. The second kappa shape index (κ2) is 8.51. The largest absolute Gasteiger partial charge is 0.434 e. The quantitative estimate of drug-likeness (QED) is 0.315. The Morgan fingerprint density at radius 3 is 2.73 bits per heavy atom. The predicted octanol–water partition coefficient (Wildman–Crippen LogP) is 5.30. The molecule has 4 aromatic rings. The van der Waals surface area contributed by atoms with E-state index in [4.69, 9.17) is 16.0 Å². The molecule has 166 valence electrons. The van der Waals surface area contributed by atoms with Gasteiger partial charge in [-0.15, -0.1) is 0 Å². The molecular formula is C23H18ClN5O4. The number of aromatic nitrogens is 2. The zero-order valence-electron chi connectivity index (χ0n) is 17.3. The van der Waals surface area contributed by atoms with Gasteiger partial charge in [-0.05, 0) is 55.3 Å². The number of carbonyl (C=O) groups excluding carboxylic acids is 1. The van der Waals surface area contributed by atoms with Crippen LogP contribution in [0.5, 0.6) is 0 Å². The molecule has 0 unspecified atom stereocenters. The second-order valence-corrected chi connectivity index (χ2v) is 8.05. The first-order chi connectivity index (χ1) is 16.0. The van der Waals surface area contributed by atoms with E-state index in [0.717, 1.165) is 25.9 Å². The van der Waals surface area contributed by atoms with Gasteiger partial charge in [-0.2, -0.15) is 4.98 Å². The van der Waals surface area contributed by atoms with Crippen molar-refractivity contribution in [2.24, 2.45) is 0 Å². The topological polar surface area (TPSA) is 114 Å². The Balaban J connectivity index is 1.43. The number of anilines is 2. The minimum atomic E-state index is -0.510. The maximum absolute atomic E-state index is 12.9. The van der Waals surface area contributed by atoms with Gasteiger partial charge in [-0.25, -0.2) is 4.98 Å². The Morgan fingerprint density at radius 1 is 1.15 bits per heavy atom. The highest BCUT2D eigenvalue weighted by atomic mass is 35.5. The smallest absolute Gasteiger partial charge is 0.293 e. The lowest BCUT2D eigenvalue weighted by Gasteiger charge is -2.18. The molecule has 9 nitrogen and oxygen atoms in total. The van der Waals surface area contributed by atoms with Crippen molar-refractivity contribution in [3.63, 3.8) is 0 Å². The summed E-state index contributed by atoms with van der Waals surface area (Å²) in [6.45, 7) is 1.53. The van der Waals surface area contributed by atoms with Crippen LogP contribution in [0, 0.1) is 10.1 Å². The minimum Gasteiger partial charge on any atom is -0.434 e. The lowest BCUT2D eigenvalue weighted by atomic mass is 10.1. The third-order valence-corrected chi connectivity index (χ3v) is 5.84. The van der Waals surface area contributed by atoms with Crippen LogP contribution in [0.4, 0.5) is 17.1 Å². The molecule has 0 saturated carbocycles. The molecule has 1 fully saturated rings. The standard InChI is InChI=1S/C23H18ClN5O4/c24-16-7-5-15(23-27-21-20(33-23)4-3-9-25-21)12-17(16)26-22(30)14-6-8-18(19(13-14)29(31)32)28-10-1-2-11-28/h3-9,12-13H,1-2,10-11H2,(H,26,30). The van der Waals surface area contributed by atoms with Crippen LogP contribution in [0.2, 0.25) is 5.02 Å². The van der Waals surface area contributed by atoms with E-state index in [1.54, 1.807) is 48.7 Å². The van der Waals surface area contributed by atoms with Gasteiger partial charge in [0.25, 0.3) is 11.6 Å². The van der Waals surface area contributed by atoms with E-state index in [-0.39, 0.29) is 11.3 Å². The van der Waals surface area contributed by atoms with Crippen molar-refractivity contribution < 1.29 is 14.1 Å². The van der Waals surface area contributed by atoms with Crippen molar-refractivity contribution in [3.8, 4) is 11.5 Å². The summed E-state index contributed by atoms with van der Waals surface area (Å²) in [6.07, 6.45) is 3.60. The zero-order chi connectivity index (χ0) is 22.9. The third-order valence-electron chi connectivity index (χ3n) is 5.51. The molecule has 3 heterocycles. The lowest BCUT2D eigenvalue weighted by molar-refractivity contribution is -0.384. The molecule has 0 spiro atoms. The fourth-order valence-corrected chi connectivity index (χ4v) is 4.04. The highest BCUT2D eigenvalue weighted by Crippen LogP contribution is 2.33. The van der Waals surface area contributed by atoms with Crippen LogP contribution >= 0.6 is 11.6 Å². The average Bonchev–Trinajstić information content (AvgIpc) is 3.50. The lowest BCUT2D eigenvalue weighted by Crippen LogP contribution is -2.20. The summed E-state index contributed by atoms with van der Waals surface area (Å²) in [4.78, 5) is 34.6. The number of hydrogen-bond acceptors (Lipinski definition) is 7. The van der Waals surface area contributed by atoms with E-state index in [1.165, 1.54) is 6.07 Å². The molecule has 0 bridgehead atoms. The van der Waals surface area contributed by atoms with Gasteiger partial charge >= 0.3 is 0 Å². The molecule has 33 heavy (non-hydrogen) atoms. The van der Waals surface area contributed by atoms with Gasteiger partial charge in [-0.1, -0.05) is 11.6 Å². The van der Waals surface area contributed by atoms with Crippen molar-refractivity contribution in [3.05, 3.63) is 75.4 Å². The number of hydrogen-bond donors (Lipinski definition) is 1. The van der Waals surface area contributed by atoms with Crippen molar-refractivity contribution >= 4 is 45.8 Å². The maximum atomic E-state index is 12.9. The molecule has 0 aliphatic carbocycles. The van der Waals surface area contributed by atoms with Crippen LogP contribution in [-0.4, -0.2) is 33.9 Å². The van der Waals surface area contributed by atoms with Crippen LogP contribution in [0.3, 0.4) is 0 Å². The van der Waals surface area contributed by atoms with Crippen LogP contribution in [0.1, 0.15) is 23.2 Å². The number of pyridine rings is 1. The molecule has 1 N–H and O–H groups in total. The summed E-state index contributed by atoms with van der Waals surface area (Å²) in [6, 6.07) is 13.0. The van der Waals surface area contributed by atoms with E-state index in [2.05, 4.69) is 15.3 Å². The minimum absolute atomic E-state index is 0.0941. The van der Waals surface area contributed by atoms with Crippen LogP contribution in [-0.2, 0) is 0 Å². The van der Waals surface area contributed by atoms with Gasteiger partial charge in [0.15, 0.2) is 11.2 Å². The summed E-state index contributed by atoms with van der Waals surface area (Å²) in [5.41, 5.74) is 2.54. The SMILES string of the molecule is O=C(Nc1cc(-c2nc3ncccc3o2)ccc1Cl)c1ccc(N2CCCC2)c([N+](=O)[O-])c1. The van der Waals surface area contributed by atoms with Crippen LogP contribution in [0.25, 0.3) is 22.7 Å². The van der Waals surface area contributed by atoms with Gasteiger partial charge in [0, 0.05) is 36.5 Å². The van der Waals surface area contributed by atoms with Gasteiger partial charge in [0.05, 0.1) is 15.6 Å². The van der Waals surface area contributed by atoms with Gasteiger partial charge in [-0.3, -0.25) is 14.9 Å². The molecule has 2 aromatic carbocycles. The summed E-state index contributed by atoms with van der Waals surface area (Å²) in [5, 5.41) is 14.7. The van der Waals surface area contributed by atoms with E-state index in [0.29, 0.717) is 39.1 Å². The Hall–Kier alpha value is -3.98. The van der Waals surface area contributed by atoms with Gasteiger partial charge in [0.1, 0.15) is 5.69 Å². The predicted molar refractivity (Wildman–Crippen MR) is 125 cm³/mol. The van der Waals surface area contributed by atoms with Gasteiger partial charge < -0.3 is 14.6 Å². The van der Waals surface area contributed by atoms with E-state index >= 15 is 0 Å². The number of carbonyl (C=O) groups is 1. The molecule has 1 amide bonds. The van der Waals surface area contributed by atoms with Crippen LogP contribution < -0.4 is 10.2 Å². The fraction of sp³-hybridized carbons (Fsp3) is 0.174. The number of nitro groups is 1. The molecular weight excluding hydrogens is 446 g/mol. The van der Waals surface area contributed by atoms with Crippen molar-refractivity contribution in [1.82, 2.24) is 9.97 Å². The number of rotatable bonds is 5. The van der Waals surface area contributed by atoms with Crippen LogP contribution in [0.15, 0.2) is 59.1 Å². The normalized spacial score (nSPS) is 13.4. The van der Waals surface area contributed by atoms with E-state index < -0.39 is 10.8 Å². The molecule has 0 radical (unpaired) electrons. The molecule has 2 aromatic heterocycles. The van der Waals surface area contributed by atoms with Crippen molar-refractivity contribution in [1.29, 1.82) is 0 Å². The van der Waals surface area contributed by atoms with Gasteiger partial charge in [0.2, 0.25) is 5.89 Å². The monoisotopic (exact) mass is 463 g/mol. The number of nitro benzene ring substituents is 1. The average molecular weight is 464 g/mol. The summed E-state index contributed by atoms with van der Waals surface area (Å²) < 4.78 is 5.73. The van der Waals surface area contributed by atoms with Crippen molar-refractivity contribution in [2.75, 3.05) is 23.3 Å². The molecule has 1 saturated heterocycles. The number of fused-ring (bicyclic) bond motifs is 1. The number of amides is 1. The molecule has 1 aliphatic heterocycles. The first-order valence-corrected chi connectivity index (χ1v) is 10.7. The number of nitrogens with one attached hydrogen (secondary N) is 1. The van der Waals surface area contributed by atoms with E-state index in [1.807, 2.05) is 4.90 Å². The Bertz CT molecular complexity index is 1350. The Kier molecular flexibility index (Phi) is 5.39. The Morgan fingerprint density at radius 2 is 1.97 bits per heavy atom. The highest BCUT2D eigenvalue weighted by molar-refractivity contribution is 6.34. The van der Waals surface area contributed by atoms with E-state index in [9.17, 15) is 14.9 Å². The fourth-order valence-electron chi connectivity index (χ4n) is 3.88. The first-order valence-electron chi connectivity index (χ1n) is 10.4. The van der Waals surface area contributed by atoms with Crippen molar-refractivity contribution in [2.45, 2.75) is 12.8 Å². The number of nitrogens with zero attached hydrogens (tertiary/aromatic N) is 4. The number of benzene rings is 2. The summed E-state index contributed by atoms with van der Waals surface area (Å²) in [5.74, 6) is -0.175. The molecule has 10 heteroatoms. The zero-order valence-corrected chi connectivity index (χ0v) is 18.1. The summed E-state index contributed by atoms with van der Waals surface area (Å²) >= 11 is 6.29. The highest BCUT2D eigenvalue weighted by Gasteiger charge is 2.24. The number of halogens is 1. The third kappa shape index (κ3) is 4.10. The maximum Gasteiger partial charge on any atom is 0.293 e. The molecule has 5 rings (SSSR count). The number of oxazole rings is 1.